The van der Waals surface area contributed by atoms with E-state index in [2.05, 4.69) is 35.5 Å². The Kier molecular flexibility index (Phi) is 7.76. The van der Waals surface area contributed by atoms with E-state index in [4.69, 9.17) is 4.74 Å². The molecule has 9 nitrogen and oxygen atoms in total. The van der Waals surface area contributed by atoms with Crippen LogP contribution in [0.4, 0.5) is 32.0 Å². The topological polar surface area (TPSA) is 101 Å². The molecule has 0 fully saturated rings. The number of allylic oxidation sites excluding steroid dienone is 1. The van der Waals surface area contributed by atoms with Crippen LogP contribution in [-0.4, -0.2) is 69.7 Å². The molecule has 15 heteroatoms. The summed E-state index contributed by atoms with van der Waals surface area (Å²) in [6.07, 6.45) is -4.36. The van der Waals surface area contributed by atoms with Crippen molar-refractivity contribution in [3.05, 3.63) is 42.0 Å². The van der Waals surface area contributed by atoms with Crippen LogP contribution in [0.25, 0.3) is 22.6 Å². The van der Waals surface area contributed by atoms with Crippen molar-refractivity contribution in [1.29, 1.82) is 0 Å². The van der Waals surface area contributed by atoms with Crippen molar-refractivity contribution in [1.82, 2.24) is 30.0 Å². The van der Waals surface area contributed by atoms with Gasteiger partial charge in [-0.1, -0.05) is 0 Å². The quantitative estimate of drug-likeness (QED) is 0.323. The van der Waals surface area contributed by atoms with Gasteiger partial charge in [0.1, 0.15) is 22.7 Å². The third-order valence-electron chi connectivity index (χ3n) is 5.41. The zero-order valence-electron chi connectivity index (χ0n) is 20.2. The summed E-state index contributed by atoms with van der Waals surface area (Å²) in [5.41, 5.74) is -1.40. The lowest BCUT2D eigenvalue weighted by Gasteiger charge is -2.19. The summed E-state index contributed by atoms with van der Waals surface area (Å²) >= 11 is 0. The number of ether oxygens (including phenoxy) is 1. The molecular weight excluding hydrogens is 518 g/mol. The zero-order valence-corrected chi connectivity index (χ0v) is 20.2. The molecule has 3 aromatic rings. The van der Waals surface area contributed by atoms with Crippen LogP contribution < -0.4 is 10.1 Å². The average Bonchev–Trinajstić information content (AvgIpc) is 2.85. The maximum absolute atomic E-state index is 13.9. The molecule has 1 N–H and O–H groups in total. The zero-order chi connectivity index (χ0) is 27.5. The number of aromatic nitrogens is 5. The molecule has 0 aromatic carbocycles. The van der Waals surface area contributed by atoms with E-state index in [-0.39, 0.29) is 41.6 Å². The molecule has 38 heavy (non-hydrogen) atoms. The van der Waals surface area contributed by atoms with Gasteiger partial charge in [0.2, 0.25) is 5.88 Å². The standard InChI is InChI=1S/C23H22F6N8O/c1-37(2)8-3-9-38-18-10-14(23(27,28)29)19(36-35-18)16-12-32-20-15(6-7-30-21(20)34-16)33-17-5-4-13(11-31-17)22(24,25)26/h5-7,10-13H,3-4,8-9H2,1-2H3,(H,30,33,34). The summed E-state index contributed by atoms with van der Waals surface area (Å²) in [5.74, 6) is -1.79. The van der Waals surface area contributed by atoms with Gasteiger partial charge in [0.05, 0.1) is 30.0 Å². The van der Waals surface area contributed by atoms with E-state index in [1.54, 1.807) is 0 Å². The van der Waals surface area contributed by atoms with Crippen LogP contribution in [0.1, 0.15) is 18.4 Å². The van der Waals surface area contributed by atoms with E-state index in [1.807, 2.05) is 19.0 Å². The molecule has 1 aliphatic rings. The fraction of sp³-hybridized carbons (Fsp3) is 0.391. The van der Waals surface area contributed by atoms with Gasteiger partial charge in [-0.2, -0.15) is 26.3 Å². The van der Waals surface area contributed by atoms with Gasteiger partial charge >= 0.3 is 12.4 Å². The highest BCUT2D eigenvalue weighted by atomic mass is 19.4. The van der Waals surface area contributed by atoms with Crippen LogP contribution in [0.3, 0.4) is 0 Å². The highest BCUT2D eigenvalue weighted by Crippen LogP contribution is 2.37. The number of anilines is 1. The van der Waals surface area contributed by atoms with Crippen molar-refractivity contribution < 1.29 is 31.1 Å². The third-order valence-corrected chi connectivity index (χ3v) is 5.41. The van der Waals surface area contributed by atoms with Crippen LogP contribution in [0.5, 0.6) is 5.88 Å². The normalized spacial score (nSPS) is 16.1. The lowest BCUT2D eigenvalue weighted by molar-refractivity contribution is -0.153. The Hall–Kier alpha value is -3.88. The average molecular weight is 540 g/mol. The summed E-state index contributed by atoms with van der Waals surface area (Å²) in [6.45, 7) is 0.849. The van der Waals surface area contributed by atoms with Crippen LogP contribution in [0, 0.1) is 5.92 Å². The van der Waals surface area contributed by atoms with Gasteiger partial charge in [-0.25, -0.2) is 19.9 Å². The Balaban J connectivity index is 1.58. The predicted molar refractivity (Wildman–Crippen MR) is 126 cm³/mol. The summed E-state index contributed by atoms with van der Waals surface area (Å²) in [7, 11) is 3.73. The summed E-state index contributed by atoms with van der Waals surface area (Å²) < 4.78 is 85.4. The molecule has 4 heterocycles. The fourth-order valence-electron chi connectivity index (χ4n) is 3.50. The van der Waals surface area contributed by atoms with Gasteiger partial charge in [-0.15, -0.1) is 10.2 Å². The minimum absolute atomic E-state index is 0.0139. The minimum Gasteiger partial charge on any atom is -0.477 e. The minimum atomic E-state index is -4.78. The highest BCUT2D eigenvalue weighted by molar-refractivity contribution is 5.86. The SMILES string of the molecule is CN(C)CCCOc1cc(C(F)(F)F)c(-c2cnc3c(NC4=CCC(C(F)(F)F)C=N4)ccnc3n2)nn1. The molecule has 202 valence electrons. The van der Waals surface area contributed by atoms with E-state index in [9.17, 15) is 26.3 Å². The smallest absolute Gasteiger partial charge is 0.418 e. The van der Waals surface area contributed by atoms with E-state index in [0.29, 0.717) is 18.7 Å². The van der Waals surface area contributed by atoms with Crippen LogP contribution in [0.15, 0.2) is 41.4 Å². The number of aliphatic imine (C=N–C) groups is 1. The molecule has 4 rings (SSSR count). The Labute approximate surface area is 212 Å². The van der Waals surface area contributed by atoms with Crippen molar-refractivity contribution in [2.75, 3.05) is 32.6 Å². The number of hydrogen-bond donors (Lipinski definition) is 1. The number of hydrogen-bond acceptors (Lipinski definition) is 9. The molecule has 0 bridgehead atoms. The number of rotatable bonds is 8. The van der Waals surface area contributed by atoms with Crippen molar-refractivity contribution >= 4 is 23.1 Å². The summed E-state index contributed by atoms with van der Waals surface area (Å²) in [5, 5.41) is 10.3. The lowest BCUT2D eigenvalue weighted by Crippen LogP contribution is -2.25. The fourth-order valence-corrected chi connectivity index (χ4v) is 3.50. The van der Waals surface area contributed by atoms with Crippen molar-refractivity contribution in [3.8, 4) is 17.3 Å². The number of fused-ring (bicyclic) bond motifs is 1. The number of pyridine rings is 1. The molecule has 0 saturated heterocycles. The van der Waals surface area contributed by atoms with Crippen LogP contribution in [-0.2, 0) is 6.18 Å². The first-order valence-corrected chi connectivity index (χ1v) is 11.3. The molecule has 1 atom stereocenters. The summed E-state index contributed by atoms with van der Waals surface area (Å²) in [6, 6.07) is 2.25. The number of alkyl halides is 6. The predicted octanol–water partition coefficient (Wildman–Crippen LogP) is 4.74. The molecule has 0 aliphatic carbocycles. The molecule has 1 unspecified atom stereocenters. The van der Waals surface area contributed by atoms with Gasteiger partial charge in [0.15, 0.2) is 5.65 Å². The van der Waals surface area contributed by atoms with Gasteiger partial charge in [0.25, 0.3) is 0 Å². The van der Waals surface area contributed by atoms with E-state index < -0.39 is 29.5 Å². The molecule has 3 aromatic heterocycles. The number of nitrogens with zero attached hydrogens (tertiary/aromatic N) is 7. The highest BCUT2D eigenvalue weighted by Gasteiger charge is 2.39. The Morgan fingerprint density at radius 2 is 1.89 bits per heavy atom. The Bertz CT molecular complexity index is 1360. The van der Waals surface area contributed by atoms with E-state index in [0.717, 1.165) is 18.5 Å². The first-order valence-electron chi connectivity index (χ1n) is 11.3. The Morgan fingerprint density at radius 1 is 1.11 bits per heavy atom. The maximum atomic E-state index is 13.9. The molecule has 0 amide bonds. The van der Waals surface area contributed by atoms with Gasteiger partial charge in [-0.3, -0.25) is 0 Å². The second-order valence-corrected chi connectivity index (χ2v) is 8.61. The monoisotopic (exact) mass is 540 g/mol. The largest absolute Gasteiger partial charge is 0.477 e. The van der Waals surface area contributed by atoms with Gasteiger partial charge in [0, 0.05) is 25.0 Å². The lowest BCUT2D eigenvalue weighted by atomic mass is 10.0. The third kappa shape index (κ3) is 6.51. The van der Waals surface area contributed by atoms with Gasteiger partial charge in [-0.05, 0) is 39.1 Å². The molecule has 0 spiro atoms. The van der Waals surface area contributed by atoms with E-state index >= 15 is 0 Å². The second-order valence-electron chi connectivity index (χ2n) is 8.61. The molecule has 0 radical (unpaired) electrons. The van der Waals surface area contributed by atoms with Crippen molar-refractivity contribution in [3.63, 3.8) is 0 Å². The van der Waals surface area contributed by atoms with Crippen LogP contribution >= 0.6 is 0 Å². The second kappa shape index (κ2) is 10.8. The van der Waals surface area contributed by atoms with Crippen LogP contribution in [0.2, 0.25) is 0 Å². The Morgan fingerprint density at radius 3 is 2.55 bits per heavy atom. The molecule has 0 saturated carbocycles. The van der Waals surface area contributed by atoms with Gasteiger partial charge < -0.3 is 15.0 Å². The number of nitrogens with one attached hydrogen (secondary N) is 1. The van der Waals surface area contributed by atoms with Crippen molar-refractivity contribution in [2.24, 2.45) is 10.9 Å². The first-order chi connectivity index (χ1) is 17.9. The maximum Gasteiger partial charge on any atom is 0.418 e. The van der Waals surface area contributed by atoms with Crippen molar-refractivity contribution in [2.45, 2.75) is 25.2 Å². The summed E-state index contributed by atoms with van der Waals surface area (Å²) in [4.78, 5) is 18.1. The van der Waals surface area contributed by atoms with E-state index in [1.165, 1.54) is 18.3 Å². The number of halogens is 6. The molecular formula is C23H22F6N8O. The first kappa shape index (κ1) is 27.2. The molecule has 1 aliphatic heterocycles.